The summed E-state index contributed by atoms with van der Waals surface area (Å²) in [6, 6.07) is 0.421. The van der Waals surface area contributed by atoms with Gasteiger partial charge >= 0.3 is 0 Å². The molecular formula is C10H18FN. The van der Waals surface area contributed by atoms with Crippen molar-refractivity contribution in [1.82, 2.24) is 4.90 Å². The van der Waals surface area contributed by atoms with Gasteiger partial charge in [-0.05, 0) is 40.2 Å². The summed E-state index contributed by atoms with van der Waals surface area (Å²) in [7, 11) is 0. The van der Waals surface area contributed by atoms with Crippen LogP contribution in [0.4, 0.5) is 4.39 Å². The molecule has 0 spiro atoms. The molecule has 0 aromatic heterocycles. The largest absolute Gasteiger partial charge is 0.292 e. The van der Waals surface area contributed by atoms with Gasteiger partial charge in [0.15, 0.2) is 0 Å². The zero-order valence-corrected chi connectivity index (χ0v) is 8.18. The zero-order valence-electron chi connectivity index (χ0n) is 8.18. The third-order valence-electron chi connectivity index (χ3n) is 2.52. The third-order valence-corrected chi connectivity index (χ3v) is 2.52. The Morgan fingerprint density at radius 2 is 2.25 bits per heavy atom. The highest BCUT2D eigenvalue weighted by Gasteiger charge is 2.21. The Morgan fingerprint density at radius 3 is 2.83 bits per heavy atom. The molecular weight excluding hydrogens is 153 g/mol. The highest BCUT2D eigenvalue weighted by Crippen LogP contribution is 2.20. The lowest BCUT2D eigenvalue weighted by Crippen LogP contribution is -2.38. The normalized spacial score (nSPS) is 27.1. The van der Waals surface area contributed by atoms with Gasteiger partial charge in [0.1, 0.15) is 5.83 Å². The van der Waals surface area contributed by atoms with Gasteiger partial charge in [-0.25, -0.2) is 4.39 Å². The van der Waals surface area contributed by atoms with Gasteiger partial charge in [-0.3, -0.25) is 4.90 Å². The Hall–Kier alpha value is -0.370. The molecule has 12 heavy (non-hydrogen) atoms. The highest BCUT2D eigenvalue weighted by atomic mass is 19.1. The van der Waals surface area contributed by atoms with Crippen LogP contribution in [-0.2, 0) is 0 Å². The molecule has 0 saturated heterocycles. The lowest BCUT2D eigenvalue weighted by Gasteiger charge is -2.30. The molecule has 0 fully saturated rings. The van der Waals surface area contributed by atoms with Gasteiger partial charge in [0.2, 0.25) is 0 Å². The van der Waals surface area contributed by atoms with Gasteiger partial charge in [0, 0.05) is 6.04 Å². The van der Waals surface area contributed by atoms with E-state index in [0.717, 1.165) is 19.4 Å². The van der Waals surface area contributed by atoms with Crippen LogP contribution >= 0.6 is 0 Å². The standard InChI is InChI=1S/C10H18FN/c1-8(2)12-7-5-4-6-10(11)9(12)3/h6,8-9H,4-5,7H2,1-3H3. The van der Waals surface area contributed by atoms with E-state index in [1.54, 1.807) is 6.08 Å². The van der Waals surface area contributed by atoms with E-state index in [1.165, 1.54) is 0 Å². The lowest BCUT2D eigenvalue weighted by atomic mass is 10.2. The molecule has 1 heterocycles. The number of allylic oxidation sites excluding steroid dienone is 1. The van der Waals surface area contributed by atoms with Crippen molar-refractivity contribution in [3.05, 3.63) is 11.9 Å². The molecule has 0 aliphatic carbocycles. The second-order valence-corrected chi connectivity index (χ2v) is 3.74. The molecule has 0 aromatic carbocycles. The minimum absolute atomic E-state index is 0.0208. The molecule has 0 N–H and O–H groups in total. The Balaban J connectivity index is 2.68. The van der Waals surface area contributed by atoms with Crippen LogP contribution in [0.2, 0.25) is 0 Å². The van der Waals surface area contributed by atoms with E-state index in [-0.39, 0.29) is 11.9 Å². The summed E-state index contributed by atoms with van der Waals surface area (Å²) in [4.78, 5) is 2.21. The molecule has 1 rings (SSSR count). The van der Waals surface area contributed by atoms with Crippen LogP contribution in [0, 0.1) is 0 Å². The van der Waals surface area contributed by atoms with E-state index in [1.807, 2.05) is 6.92 Å². The number of nitrogens with zero attached hydrogens (tertiary/aromatic N) is 1. The van der Waals surface area contributed by atoms with Crippen LogP contribution in [0.5, 0.6) is 0 Å². The summed E-state index contributed by atoms with van der Waals surface area (Å²) in [5, 5.41) is 0. The molecule has 0 saturated carbocycles. The maximum atomic E-state index is 13.3. The summed E-state index contributed by atoms with van der Waals surface area (Å²) in [6.07, 6.45) is 3.70. The topological polar surface area (TPSA) is 3.24 Å². The van der Waals surface area contributed by atoms with E-state index in [2.05, 4.69) is 18.7 Å². The first-order chi connectivity index (χ1) is 5.63. The maximum absolute atomic E-state index is 13.3. The molecule has 2 heteroatoms. The van der Waals surface area contributed by atoms with E-state index >= 15 is 0 Å². The Morgan fingerprint density at radius 1 is 1.58 bits per heavy atom. The van der Waals surface area contributed by atoms with Gasteiger partial charge in [0.05, 0.1) is 6.04 Å². The van der Waals surface area contributed by atoms with Gasteiger partial charge < -0.3 is 0 Å². The van der Waals surface area contributed by atoms with Crippen molar-refractivity contribution in [2.75, 3.05) is 6.54 Å². The first-order valence-electron chi connectivity index (χ1n) is 4.74. The zero-order chi connectivity index (χ0) is 9.14. The van der Waals surface area contributed by atoms with E-state index in [9.17, 15) is 4.39 Å². The molecule has 70 valence electrons. The third kappa shape index (κ3) is 2.07. The summed E-state index contributed by atoms with van der Waals surface area (Å²) in [5.41, 5.74) is 0. The van der Waals surface area contributed by atoms with Crippen LogP contribution in [0.1, 0.15) is 33.6 Å². The number of hydrogen-bond donors (Lipinski definition) is 0. The van der Waals surface area contributed by atoms with Crippen LogP contribution in [-0.4, -0.2) is 23.5 Å². The molecule has 1 aliphatic heterocycles. The fraction of sp³-hybridized carbons (Fsp3) is 0.800. The predicted octanol–water partition coefficient (Wildman–Crippen LogP) is 2.73. The quantitative estimate of drug-likeness (QED) is 0.586. The van der Waals surface area contributed by atoms with Crippen LogP contribution in [0.15, 0.2) is 11.9 Å². The molecule has 0 aromatic rings. The number of hydrogen-bond acceptors (Lipinski definition) is 1. The van der Waals surface area contributed by atoms with Crippen molar-refractivity contribution in [2.24, 2.45) is 0 Å². The Kier molecular flexibility index (Phi) is 3.27. The first kappa shape index (κ1) is 9.72. The summed E-state index contributed by atoms with van der Waals surface area (Å²) >= 11 is 0. The second kappa shape index (κ2) is 4.04. The smallest absolute Gasteiger partial charge is 0.113 e. The average molecular weight is 171 g/mol. The van der Waals surface area contributed by atoms with Crippen molar-refractivity contribution in [3.8, 4) is 0 Å². The van der Waals surface area contributed by atoms with Gasteiger partial charge in [0.25, 0.3) is 0 Å². The Labute approximate surface area is 74.3 Å². The summed E-state index contributed by atoms with van der Waals surface area (Å²) in [5.74, 6) is 0.0428. The monoisotopic (exact) mass is 171 g/mol. The molecule has 1 nitrogen and oxygen atoms in total. The molecule has 0 radical (unpaired) electrons. The molecule has 1 atom stereocenters. The highest BCUT2D eigenvalue weighted by molar-refractivity contribution is 5.03. The fourth-order valence-electron chi connectivity index (χ4n) is 1.74. The molecule has 0 amide bonds. The Bertz CT molecular complexity index is 175. The molecule has 1 unspecified atom stereocenters. The van der Waals surface area contributed by atoms with Crippen LogP contribution < -0.4 is 0 Å². The van der Waals surface area contributed by atoms with Gasteiger partial charge in [-0.1, -0.05) is 6.08 Å². The number of rotatable bonds is 1. The minimum atomic E-state index is -0.0208. The van der Waals surface area contributed by atoms with Crippen molar-refractivity contribution in [3.63, 3.8) is 0 Å². The van der Waals surface area contributed by atoms with Crippen molar-refractivity contribution in [1.29, 1.82) is 0 Å². The fourth-order valence-corrected chi connectivity index (χ4v) is 1.74. The average Bonchev–Trinajstić information content (AvgIpc) is 2.15. The SMILES string of the molecule is CC(C)N1CCCC=C(F)C1C. The first-order valence-corrected chi connectivity index (χ1v) is 4.74. The molecule has 0 bridgehead atoms. The van der Waals surface area contributed by atoms with Crippen molar-refractivity contribution < 1.29 is 4.39 Å². The summed E-state index contributed by atoms with van der Waals surface area (Å²) < 4.78 is 13.3. The van der Waals surface area contributed by atoms with Gasteiger partial charge in [-0.2, -0.15) is 0 Å². The number of halogens is 1. The minimum Gasteiger partial charge on any atom is -0.292 e. The van der Waals surface area contributed by atoms with E-state index < -0.39 is 0 Å². The second-order valence-electron chi connectivity index (χ2n) is 3.74. The van der Waals surface area contributed by atoms with Crippen LogP contribution in [0.25, 0.3) is 0 Å². The lowest BCUT2D eigenvalue weighted by molar-refractivity contribution is 0.173. The van der Waals surface area contributed by atoms with Gasteiger partial charge in [-0.15, -0.1) is 0 Å². The van der Waals surface area contributed by atoms with Crippen LogP contribution in [0.3, 0.4) is 0 Å². The van der Waals surface area contributed by atoms with Crippen molar-refractivity contribution in [2.45, 2.75) is 45.7 Å². The van der Waals surface area contributed by atoms with E-state index in [0.29, 0.717) is 6.04 Å². The van der Waals surface area contributed by atoms with E-state index in [4.69, 9.17) is 0 Å². The summed E-state index contributed by atoms with van der Waals surface area (Å²) in [6.45, 7) is 7.20. The van der Waals surface area contributed by atoms with Crippen molar-refractivity contribution >= 4 is 0 Å². The predicted molar refractivity (Wildman–Crippen MR) is 49.7 cm³/mol. The maximum Gasteiger partial charge on any atom is 0.113 e. The molecule has 1 aliphatic rings.